The van der Waals surface area contributed by atoms with Crippen molar-refractivity contribution >= 4 is 35.2 Å². The Balaban J connectivity index is 2.60. The zero-order chi connectivity index (χ0) is 15.1. The van der Waals surface area contributed by atoms with Gasteiger partial charge in [-0.05, 0) is 36.1 Å². The van der Waals surface area contributed by atoms with E-state index in [1.807, 2.05) is 6.26 Å². The van der Waals surface area contributed by atoms with Gasteiger partial charge in [0.05, 0.1) is 11.4 Å². The van der Waals surface area contributed by atoms with Crippen molar-refractivity contribution in [1.29, 1.82) is 0 Å². The van der Waals surface area contributed by atoms with Crippen LogP contribution < -0.4 is 5.32 Å². The molecule has 0 aromatic heterocycles. The fourth-order valence-corrected chi connectivity index (χ4v) is 2.26. The Morgan fingerprint density at radius 1 is 1.45 bits per heavy atom. The lowest BCUT2D eigenvalue weighted by atomic mass is 10.1. The second-order valence-electron chi connectivity index (χ2n) is 4.20. The van der Waals surface area contributed by atoms with E-state index in [1.54, 1.807) is 6.07 Å². The number of carbonyl (C=O) groups excluding carboxylic acids is 1. The molecule has 3 N–H and O–H groups in total. The molecule has 0 spiro atoms. The molecule has 1 aromatic rings. The van der Waals surface area contributed by atoms with Crippen LogP contribution in [0.15, 0.2) is 18.2 Å². The number of carbonyl (C=O) groups is 2. The minimum absolute atomic E-state index is 0.0169. The van der Waals surface area contributed by atoms with E-state index in [0.29, 0.717) is 17.7 Å². The summed E-state index contributed by atoms with van der Waals surface area (Å²) >= 11 is 7.27. The van der Waals surface area contributed by atoms with Crippen molar-refractivity contribution in [2.45, 2.75) is 18.9 Å². The van der Waals surface area contributed by atoms with Crippen molar-refractivity contribution in [2.24, 2.45) is 0 Å². The molecule has 0 saturated heterocycles. The van der Waals surface area contributed by atoms with Crippen LogP contribution in [-0.2, 0) is 16.0 Å². The maximum absolute atomic E-state index is 11.8. The first-order valence-corrected chi connectivity index (χ1v) is 7.69. The van der Waals surface area contributed by atoms with Gasteiger partial charge in [0.25, 0.3) is 0 Å². The lowest BCUT2D eigenvalue weighted by molar-refractivity contribution is -0.141. The zero-order valence-corrected chi connectivity index (χ0v) is 12.5. The molecule has 0 bridgehead atoms. The third-order valence-corrected chi connectivity index (χ3v) is 3.57. The van der Waals surface area contributed by atoms with E-state index in [0.717, 1.165) is 0 Å². The monoisotopic (exact) mass is 317 g/mol. The van der Waals surface area contributed by atoms with Gasteiger partial charge in [0, 0.05) is 0 Å². The summed E-state index contributed by atoms with van der Waals surface area (Å²) in [6.45, 7) is 0. The van der Waals surface area contributed by atoms with Gasteiger partial charge in [-0.25, -0.2) is 4.79 Å². The van der Waals surface area contributed by atoms with E-state index in [-0.39, 0.29) is 23.1 Å². The van der Waals surface area contributed by atoms with E-state index in [4.69, 9.17) is 16.7 Å². The largest absolute Gasteiger partial charge is 0.506 e. The van der Waals surface area contributed by atoms with Gasteiger partial charge in [-0.3, -0.25) is 4.79 Å². The molecule has 0 heterocycles. The number of carboxylic acids is 1. The van der Waals surface area contributed by atoms with Gasteiger partial charge in [-0.1, -0.05) is 17.7 Å². The van der Waals surface area contributed by atoms with Gasteiger partial charge < -0.3 is 15.5 Å². The molecule has 0 fully saturated rings. The van der Waals surface area contributed by atoms with E-state index < -0.39 is 12.0 Å². The summed E-state index contributed by atoms with van der Waals surface area (Å²) in [5.74, 6) is -0.835. The number of hydrogen-bond acceptors (Lipinski definition) is 4. The van der Waals surface area contributed by atoms with Crippen LogP contribution in [0.5, 0.6) is 5.75 Å². The molecule has 0 unspecified atom stereocenters. The van der Waals surface area contributed by atoms with Gasteiger partial charge in [-0.2, -0.15) is 11.8 Å². The summed E-state index contributed by atoms with van der Waals surface area (Å²) in [4.78, 5) is 22.8. The molecule has 20 heavy (non-hydrogen) atoms. The number of phenols is 1. The number of thioether (sulfide) groups is 1. The summed E-state index contributed by atoms with van der Waals surface area (Å²) in [7, 11) is 0. The number of rotatable bonds is 7. The molecular formula is C13H16ClNO4S. The van der Waals surface area contributed by atoms with Crippen molar-refractivity contribution in [3.05, 3.63) is 28.8 Å². The third-order valence-electron chi connectivity index (χ3n) is 2.62. The molecule has 1 amide bonds. The van der Waals surface area contributed by atoms with Gasteiger partial charge in [0.15, 0.2) is 0 Å². The standard InChI is InChI=1S/C13H16ClNO4S/c1-20-5-4-10(13(18)19)15-12(17)7-8-2-3-11(16)9(14)6-8/h2-3,6,10,16H,4-5,7H2,1H3,(H,15,17)(H,18,19)/t10-/m1/s1. The summed E-state index contributed by atoms with van der Waals surface area (Å²) < 4.78 is 0. The van der Waals surface area contributed by atoms with Crippen LogP contribution in [0.2, 0.25) is 5.02 Å². The van der Waals surface area contributed by atoms with Gasteiger partial charge >= 0.3 is 5.97 Å². The third kappa shape index (κ3) is 5.30. The number of amides is 1. The maximum atomic E-state index is 11.8. The van der Waals surface area contributed by atoms with Gasteiger partial charge in [-0.15, -0.1) is 0 Å². The summed E-state index contributed by atoms with van der Waals surface area (Å²) in [5, 5.41) is 20.9. The normalized spacial score (nSPS) is 11.9. The van der Waals surface area contributed by atoms with Crippen LogP contribution in [0, 0.1) is 0 Å². The van der Waals surface area contributed by atoms with Crippen LogP contribution in [0.4, 0.5) is 0 Å². The highest BCUT2D eigenvalue weighted by molar-refractivity contribution is 7.98. The first-order chi connectivity index (χ1) is 9.43. The molecule has 0 saturated carbocycles. The Kier molecular flexibility index (Phi) is 6.67. The molecular weight excluding hydrogens is 302 g/mol. The van der Waals surface area contributed by atoms with Crippen molar-refractivity contribution < 1.29 is 19.8 Å². The molecule has 0 aliphatic heterocycles. The van der Waals surface area contributed by atoms with Crippen molar-refractivity contribution in [1.82, 2.24) is 5.32 Å². The first kappa shape index (κ1) is 16.7. The Morgan fingerprint density at radius 3 is 2.70 bits per heavy atom. The lowest BCUT2D eigenvalue weighted by Gasteiger charge is -2.14. The fourth-order valence-electron chi connectivity index (χ4n) is 1.58. The van der Waals surface area contributed by atoms with Crippen LogP contribution in [0.25, 0.3) is 0 Å². The fraction of sp³-hybridized carbons (Fsp3) is 0.385. The number of hydrogen-bond donors (Lipinski definition) is 3. The van der Waals surface area contributed by atoms with E-state index in [2.05, 4.69) is 5.32 Å². The molecule has 1 rings (SSSR count). The molecule has 1 aromatic carbocycles. The average molecular weight is 318 g/mol. The minimum Gasteiger partial charge on any atom is -0.506 e. The Bertz CT molecular complexity index is 495. The quantitative estimate of drug-likeness (QED) is 0.715. The second kappa shape index (κ2) is 8.01. The highest BCUT2D eigenvalue weighted by Crippen LogP contribution is 2.23. The van der Waals surface area contributed by atoms with Crippen LogP contribution in [-0.4, -0.2) is 40.1 Å². The number of nitrogens with one attached hydrogen (secondary N) is 1. The molecule has 1 atom stereocenters. The topological polar surface area (TPSA) is 86.6 Å². The summed E-state index contributed by atoms with van der Waals surface area (Å²) in [6, 6.07) is 3.56. The number of carboxylic acid groups (broad SMARTS) is 1. The van der Waals surface area contributed by atoms with Gasteiger partial charge in [0.2, 0.25) is 5.91 Å². The molecule has 7 heteroatoms. The van der Waals surface area contributed by atoms with Crippen LogP contribution in [0.1, 0.15) is 12.0 Å². The SMILES string of the molecule is CSCC[C@@H](NC(=O)Cc1ccc(O)c(Cl)c1)C(=O)O. The highest BCUT2D eigenvalue weighted by Gasteiger charge is 2.19. The Morgan fingerprint density at radius 2 is 2.15 bits per heavy atom. The second-order valence-corrected chi connectivity index (χ2v) is 5.60. The van der Waals surface area contributed by atoms with Gasteiger partial charge in [0.1, 0.15) is 11.8 Å². The minimum atomic E-state index is -1.05. The van der Waals surface area contributed by atoms with Crippen LogP contribution >= 0.6 is 23.4 Å². The molecule has 110 valence electrons. The van der Waals surface area contributed by atoms with Crippen molar-refractivity contribution in [2.75, 3.05) is 12.0 Å². The predicted molar refractivity (Wildman–Crippen MR) is 79.4 cm³/mol. The number of phenolic OH excluding ortho intramolecular Hbond substituents is 1. The Hall–Kier alpha value is -1.40. The van der Waals surface area contributed by atoms with Crippen molar-refractivity contribution in [3.8, 4) is 5.75 Å². The lowest BCUT2D eigenvalue weighted by Crippen LogP contribution is -2.41. The summed E-state index contributed by atoms with van der Waals surface area (Å²) in [5.41, 5.74) is 0.610. The number of aliphatic carboxylic acids is 1. The maximum Gasteiger partial charge on any atom is 0.326 e. The molecule has 0 aliphatic rings. The highest BCUT2D eigenvalue weighted by atomic mass is 35.5. The van der Waals surface area contributed by atoms with Crippen molar-refractivity contribution in [3.63, 3.8) is 0 Å². The number of benzene rings is 1. The Labute approximate surface area is 126 Å². The van der Waals surface area contributed by atoms with Crippen LogP contribution in [0.3, 0.4) is 0 Å². The molecule has 0 radical (unpaired) electrons. The van der Waals surface area contributed by atoms with E-state index >= 15 is 0 Å². The zero-order valence-electron chi connectivity index (χ0n) is 10.9. The number of aromatic hydroxyl groups is 1. The molecule has 0 aliphatic carbocycles. The number of halogens is 1. The van der Waals surface area contributed by atoms with E-state index in [9.17, 15) is 14.7 Å². The van der Waals surface area contributed by atoms with E-state index in [1.165, 1.54) is 23.9 Å². The predicted octanol–water partition coefficient (Wildman–Crippen LogP) is 1.91. The molecule has 5 nitrogen and oxygen atoms in total. The first-order valence-electron chi connectivity index (χ1n) is 5.92. The summed E-state index contributed by atoms with van der Waals surface area (Å²) in [6.07, 6.45) is 2.26. The average Bonchev–Trinajstić information content (AvgIpc) is 2.38. The smallest absolute Gasteiger partial charge is 0.326 e.